The Labute approximate surface area is 423 Å². The molecule has 0 N–H and O–H groups in total. The average molecular weight is 956 g/mol. The molecule has 0 radical (unpaired) electrons. The Kier molecular flexibility index (Phi) is 55.2. The molecular weight excluding hydrogens is 841 g/mol. The third kappa shape index (κ3) is 54.6. The molecule has 1 unspecified atom stereocenters. The summed E-state index contributed by atoms with van der Waals surface area (Å²) in [5.74, 6) is -0.871. The van der Waals surface area contributed by atoms with Crippen molar-refractivity contribution in [3.63, 3.8) is 0 Å². The van der Waals surface area contributed by atoms with E-state index in [1.54, 1.807) is 0 Å². The van der Waals surface area contributed by atoms with Gasteiger partial charge in [-0.3, -0.25) is 14.4 Å². The second-order valence-corrected chi connectivity index (χ2v) is 20.3. The maximum absolute atomic E-state index is 12.9. The minimum absolute atomic E-state index is 0.0738. The van der Waals surface area contributed by atoms with Gasteiger partial charge >= 0.3 is 17.9 Å². The van der Waals surface area contributed by atoms with Crippen molar-refractivity contribution in [3.8, 4) is 0 Å². The van der Waals surface area contributed by atoms with E-state index in [4.69, 9.17) is 14.2 Å². The van der Waals surface area contributed by atoms with E-state index < -0.39 is 6.10 Å². The maximum Gasteiger partial charge on any atom is 0.306 e. The summed E-state index contributed by atoms with van der Waals surface area (Å²) in [6, 6.07) is 0. The molecule has 0 saturated carbocycles. The summed E-state index contributed by atoms with van der Waals surface area (Å²) in [7, 11) is 0. The smallest absolute Gasteiger partial charge is 0.306 e. The molecule has 0 heterocycles. The largest absolute Gasteiger partial charge is 0.462 e. The van der Waals surface area contributed by atoms with Crippen LogP contribution in [0, 0.1) is 0 Å². The van der Waals surface area contributed by atoms with Gasteiger partial charge in [0.15, 0.2) is 6.10 Å². The molecule has 0 spiro atoms. The molecule has 0 rings (SSSR count). The molecule has 0 saturated heterocycles. The van der Waals surface area contributed by atoms with Crippen LogP contribution in [-0.4, -0.2) is 37.2 Å². The fourth-order valence-electron chi connectivity index (χ4n) is 8.84. The lowest BCUT2D eigenvalue weighted by Crippen LogP contribution is -2.30. The monoisotopic (exact) mass is 955 g/mol. The van der Waals surface area contributed by atoms with E-state index >= 15 is 0 Å². The van der Waals surface area contributed by atoms with E-state index in [1.165, 1.54) is 218 Å². The van der Waals surface area contributed by atoms with Crippen LogP contribution in [0.2, 0.25) is 0 Å². The van der Waals surface area contributed by atoms with Crippen LogP contribution >= 0.6 is 0 Å². The number of ether oxygens (including phenoxy) is 3. The summed E-state index contributed by atoms with van der Waals surface area (Å²) < 4.78 is 16.9. The van der Waals surface area contributed by atoms with E-state index in [2.05, 4.69) is 57.2 Å². The molecule has 6 nitrogen and oxygen atoms in total. The van der Waals surface area contributed by atoms with Crippen LogP contribution < -0.4 is 0 Å². The van der Waals surface area contributed by atoms with Crippen LogP contribution in [-0.2, 0) is 28.6 Å². The van der Waals surface area contributed by atoms with Crippen molar-refractivity contribution in [1.29, 1.82) is 0 Å². The van der Waals surface area contributed by atoms with Crippen LogP contribution in [0.25, 0.3) is 0 Å². The predicted octanol–water partition coefficient (Wildman–Crippen LogP) is 20.0. The van der Waals surface area contributed by atoms with Gasteiger partial charge in [0.05, 0.1) is 0 Å². The first kappa shape index (κ1) is 65.6. The third-order valence-electron chi connectivity index (χ3n) is 13.4. The van der Waals surface area contributed by atoms with Gasteiger partial charge in [-0.2, -0.15) is 0 Å². The summed E-state index contributed by atoms with van der Waals surface area (Å²) in [5.41, 5.74) is 0. The molecule has 398 valence electrons. The van der Waals surface area contributed by atoms with Crippen LogP contribution in [0.3, 0.4) is 0 Å². The van der Waals surface area contributed by atoms with Gasteiger partial charge in [-0.1, -0.05) is 269 Å². The number of carbonyl (C=O) groups is 3. The Bertz CT molecular complexity index is 1140. The number of carbonyl (C=O) groups excluding carboxylic acids is 3. The second-order valence-electron chi connectivity index (χ2n) is 20.3. The number of unbranched alkanes of at least 4 members (excludes halogenated alkanes) is 39. The second kappa shape index (κ2) is 57.2. The van der Waals surface area contributed by atoms with Crippen LogP contribution in [0.4, 0.5) is 0 Å². The maximum atomic E-state index is 12.9. The highest BCUT2D eigenvalue weighted by molar-refractivity contribution is 5.71. The highest BCUT2D eigenvalue weighted by Crippen LogP contribution is 2.17. The van der Waals surface area contributed by atoms with E-state index in [0.29, 0.717) is 19.3 Å². The normalized spacial score (nSPS) is 12.2. The minimum Gasteiger partial charge on any atom is -0.462 e. The Morgan fingerprint density at radius 1 is 0.294 bits per heavy atom. The summed E-state index contributed by atoms with van der Waals surface area (Å²) in [4.78, 5) is 38.2. The molecule has 0 aliphatic rings. The topological polar surface area (TPSA) is 78.9 Å². The zero-order valence-corrected chi connectivity index (χ0v) is 45.6. The number of allylic oxidation sites excluding steroid dienone is 6. The highest BCUT2D eigenvalue weighted by atomic mass is 16.6. The third-order valence-corrected chi connectivity index (χ3v) is 13.4. The van der Waals surface area contributed by atoms with Gasteiger partial charge in [0, 0.05) is 19.3 Å². The number of hydrogen-bond donors (Lipinski definition) is 0. The zero-order chi connectivity index (χ0) is 49.3. The van der Waals surface area contributed by atoms with Gasteiger partial charge in [-0.25, -0.2) is 0 Å². The van der Waals surface area contributed by atoms with E-state index in [1.807, 2.05) is 0 Å². The molecule has 0 bridgehead atoms. The fraction of sp³-hybridized carbons (Fsp3) is 0.855. The van der Waals surface area contributed by atoms with Gasteiger partial charge < -0.3 is 14.2 Å². The summed E-state index contributed by atoms with van der Waals surface area (Å²) in [6.45, 7) is 6.64. The van der Waals surface area contributed by atoms with Crippen molar-refractivity contribution in [3.05, 3.63) is 36.5 Å². The lowest BCUT2D eigenvalue weighted by molar-refractivity contribution is -0.167. The van der Waals surface area contributed by atoms with Gasteiger partial charge in [-0.15, -0.1) is 0 Å². The van der Waals surface area contributed by atoms with Crippen molar-refractivity contribution >= 4 is 17.9 Å². The Morgan fingerprint density at radius 2 is 0.529 bits per heavy atom. The van der Waals surface area contributed by atoms with Crippen molar-refractivity contribution < 1.29 is 28.6 Å². The van der Waals surface area contributed by atoms with E-state index in [0.717, 1.165) is 64.2 Å². The number of esters is 3. The zero-order valence-electron chi connectivity index (χ0n) is 45.6. The van der Waals surface area contributed by atoms with E-state index in [9.17, 15) is 14.4 Å². The predicted molar refractivity (Wildman–Crippen MR) is 293 cm³/mol. The van der Waals surface area contributed by atoms with Crippen LogP contribution in [0.1, 0.15) is 323 Å². The number of hydrogen-bond acceptors (Lipinski definition) is 6. The molecular formula is C62H114O6. The molecule has 0 fully saturated rings. The lowest BCUT2D eigenvalue weighted by Gasteiger charge is -2.18. The van der Waals surface area contributed by atoms with Crippen molar-refractivity contribution in [2.75, 3.05) is 13.2 Å². The van der Waals surface area contributed by atoms with Gasteiger partial charge in [0.25, 0.3) is 0 Å². The summed E-state index contributed by atoms with van der Waals surface area (Å²) in [6.07, 6.45) is 68.5. The molecule has 1 atom stereocenters. The molecule has 0 aromatic carbocycles. The van der Waals surface area contributed by atoms with Crippen molar-refractivity contribution in [2.24, 2.45) is 0 Å². The first-order chi connectivity index (χ1) is 33.5. The average Bonchev–Trinajstić information content (AvgIpc) is 3.34. The van der Waals surface area contributed by atoms with E-state index in [-0.39, 0.29) is 31.1 Å². The number of rotatable bonds is 55. The standard InChI is InChI=1S/C62H114O6/c1-4-7-10-13-16-19-22-25-28-30-32-34-37-40-43-46-49-52-55-61(64)67-58-59(57-66-60(63)54-51-48-45-42-39-36-33-27-24-21-18-15-12-9-6-3)68-62(65)56-53-50-47-44-41-38-35-31-29-26-23-20-17-14-11-8-5-2/h18,21,24,26-27,29,59H,4-17,19-20,22-23,25,28,30-58H2,1-3H3/b21-18-,27-24-,29-26-. The van der Waals surface area contributed by atoms with Crippen LogP contribution in [0.15, 0.2) is 36.5 Å². The minimum atomic E-state index is -0.777. The van der Waals surface area contributed by atoms with Gasteiger partial charge in [-0.05, 0) is 70.6 Å². The van der Waals surface area contributed by atoms with Gasteiger partial charge in [0.2, 0.25) is 0 Å². The van der Waals surface area contributed by atoms with Crippen molar-refractivity contribution in [1.82, 2.24) is 0 Å². The first-order valence-corrected chi connectivity index (χ1v) is 30.0. The highest BCUT2D eigenvalue weighted by Gasteiger charge is 2.19. The Hall–Kier alpha value is -2.37. The quantitative estimate of drug-likeness (QED) is 0.0199. The molecule has 0 aromatic heterocycles. The summed E-state index contributed by atoms with van der Waals surface area (Å²) >= 11 is 0. The summed E-state index contributed by atoms with van der Waals surface area (Å²) in [5, 5.41) is 0. The first-order valence-electron chi connectivity index (χ1n) is 30.0. The fourth-order valence-corrected chi connectivity index (χ4v) is 8.84. The molecule has 0 amide bonds. The Balaban J connectivity index is 4.35. The molecule has 0 aliphatic heterocycles. The Morgan fingerprint density at radius 3 is 0.853 bits per heavy atom. The molecule has 6 heteroatoms. The van der Waals surface area contributed by atoms with Gasteiger partial charge in [0.1, 0.15) is 13.2 Å². The SMILES string of the molecule is CCCCC/C=C\C=C/CCCCCCCCC(=O)OCC(COC(=O)CCCCCCCCCCCCCCCCCCCC)OC(=O)CCCCCCCCC/C=C\CCCCCCCC. The molecule has 0 aromatic rings. The van der Waals surface area contributed by atoms with Crippen LogP contribution in [0.5, 0.6) is 0 Å². The molecule has 68 heavy (non-hydrogen) atoms. The van der Waals surface area contributed by atoms with Crippen molar-refractivity contribution in [2.45, 2.75) is 329 Å². The lowest BCUT2D eigenvalue weighted by atomic mass is 10.0. The molecule has 0 aliphatic carbocycles.